The van der Waals surface area contributed by atoms with Crippen molar-refractivity contribution in [1.82, 2.24) is 0 Å². The Bertz CT molecular complexity index is 457. The van der Waals surface area contributed by atoms with Gasteiger partial charge in [0.05, 0.1) is 13.0 Å². The molecule has 0 aromatic heterocycles. The normalized spacial score (nSPS) is 10.1. The molecule has 5 heteroatoms. The Morgan fingerprint density at radius 1 is 1.26 bits per heavy atom. The summed E-state index contributed by atoms with van der Waals surface area (Å²) in [6.07, 6.45) is 0.254. The molecule has 1 rings (SSSR count). The minimum Gasteiger partial charge on any atom is -0.486 e. The van der Waals surface area contributed by atoms with E-state index in [1.165, 1.54) is 0 Å². The third-order valence-corrected chi connectivity index (χ3v) is 3.33. The molecule has 0 amide bonds. The summed E-state index contributed by atoms with van der Waals surface area (Å²) in [4.78, 5) is 22.6. The number of hydrogen-bond donors (Lipinski definition) is 0. The zero-order valence-electron chi connectivity index (χ0n) is 11.1. The molecule has 1 aromatic rings. The number of rotatable bonds is 7. The van der Waals surface area contributed by atoms with Crippen LogP contribution in [0.1, 0.15) is 25.3 Å². The highest BCUT2D eigenvalue weighted by Crippen LogP contribution is 2.21. The molecular weight excluding hydrogens is 312 g/mol. The summed E-state index contributed by atoms with van der Waals surface area (Å²) in [5.74, 6) is 0.175. The van der Waals surface area contributed by atoms with E-state index in [2.05, 4.69) is 15.9 Å². The van der Waals surface area contributed by atoms with E-state index in [0.717, 1.165) is 10.0 Å². The number of ketones is 1. The van der Waals surface area contributed by atoms with Crippen LogP contribution >= 0.6 is 15.9 Å². The summed E-state index contributed by atoms with van der Waals surface area (Å²) in [6.45, 7) is 3.99. The Morgan fingerprint density at radius 2 is 2.00 bits per heavy atom. The van der Waals surface area contributed by atoms with Gasteiger partial charge >= 0.3 is 5.97 Å². The average Bonchev–Trinajstić information content (AvgIpc) is 2.38. The largest absolute Gasteiger partial charge is 0.486 e. The molecule has 0 aliphatic rings. The first-order valence-corrected chi connectivity index (χ1v) is 6.88. The standard InChI is InChI=1S/C14H17BrO4/c1-3-18-14(17)7-4-11(16)9-19-12-5-6-13(15)10(2)8-12/h5-6,8H,3-4,7,9H2,1-2H3. The highest BCUT2D eigenvalue weighted by Gasteiger charge is 2.08. The first kappa shape index (κ1) is 15.7. The number of carbonyl (C=O) groups is 2. The number of hydrogen-bond acceptors (Lipinski definition) is 4. The number of benzene rings is 1. The van der Waals surface area contributed by atoms with E-state index in [9.17, 15) is 9.59 Å². The lowest BCUT2D eigenvalue weighted by atomic mass is 10.2. The second kappa shape index (κ2) is 7.94. The molecule has 0 aliphatic heterocycles. The third-order valence-electron chi connectivity index (χ3n) is 2.44. The average molecular weight is 329 g/mol. The van der Waals surface area contributed by atoms with Gasteiger partial charge in [0.15, 0.2) is 5.78 Å². The number of Topliss-reactive ketones (excluding diaryl/α,β-unsaturated/α-hetero) is 1. The van der Waals surface area contributed by atoms with Crippen molar-refractivity contribution < 1.29 is 19.1 Å². The Morgan fingerprint density at radius 3 is 2.63 bits per heavy atom. The Kier molecular flexibility index (Phi) is 6.56. The highest BCUT2D eigenvalue weighted by atomic mass is 79.9. The van der Waals surface area contributed by atoms with E-state index in [-0.39, 0.29) is 31.2 Å². The van der Waals surface area contributed by atoms with Gasteiger partial charge in [0, 0.05) is 10.9 Å². The molecule has 0 saturated heterocycles. The second-order valence-electron chi connectivity index (χ2n) is 4.04. The van der Waals surface area contributed by atoms with Gasteiger partial charge in [0.1, 0.15) is 12.4 Å². The summed E-state index contributed by atoms with van der Waals surface area (Å²) in [7, 11) is 0. The maximum Gasteiger partial charge on any atom is 0.306 e. The van der Waals surface area contributed by atoms with Crippen molar-refractivity contribution in [2.75, 3.05) is 13.2 Å². The summed E-state index contributed by atoms with van der Waals surface area (Å²) < 4.78 is 11.1. The zero-order chi connectivity index (χ0) is 14.3. The third kappa shape index (κ3) is 5.87. The zero-order valence-corrected chi connectivity index (χ0v) is 12.7. The molecular formula is C14H17BrO4. The molecule has 19 heavy (non-hydrogen) atoms. The van der Waals surface area contributed by atoms with Crippen molar-refractivity contribution in [2.45, 2.75) is 26.7 Å². The lowest BCUT2D eigenvalue weighted by Crippen LogP contribution is -2.14. The Labute approximate surface area is 121 Å². The maximum absolute atomic E-state index is 11.5. The monoisotopic (exact) mass is 328 g/mol. The topological polar surface area (TPSA) is 52.6 Å². The van der Waals surface area contributed by atoms with Crippen LogP contribution in [0.4, 0.5) is 0 Å². The number of ether oxygens (including phenoxy) is 2. The molecule has 0 bridgehead atoms. The smallest absolute Gasteiger partial charge is 0.306 e. The Balaban J connectivity index is 2.33. The van der Waals surface area contributed by atoms with Crippen LogP contribution in [0.25, 0.3) is 0 Å². The minimum absolute atomic E-state index is 0.0273. The summed E-state index contributed by atoms with van der Waals surface area (Å²) >= 11 is 3.39. The van der Waals surface area contributed by atoms with E-state index in [4.69, 9.17) is 9.47 Å². The Hall–Kier alpha value is -1.36. The van der Waals surface area contributed by atoms with Crippen LogP contribution in [-0.2, 0) is 14.3 Å². The lowest BCUT2D eigenvalue weighted by molar-refractivity contribution is -0.144. The number of aryl methyl sites for hydroxylation is 1. The van der Waals surface area contributed by atoms with Gasteiger partial charge in [-0.2, -0.15) is 0 Å². The van der Waals surface area contributed by atoms with Crippen molar-refractivity contribution in [2.24, 2.45) is 0 Å². The van der Waals surface area contributed by atoms with Crippen molar-refractivity contribution in [3.8, 4) is 5.75 Å². The van der Waals surface area contributed by atoms with Gasteiger partial charge in [-0.05, 0) is 37.6 Å². The predicted octanol–water partition coefficient (Wildman–Crippen LogP) is 3.05. The summed E-state index contributed by atoms with van der Waals surface area (Å²) in [5, 5.41) is 0. The molecule has 0 unspecified atom stereocenters. The van der Waals surface area contributed by atoms with E-state index < -0.39 is 0 Å². The molecule has 0 aliphatic carbocycles. The number of halogens is 1. The van der Waals surface area contributed by atoms with Gasteiger partial charge in [-0.15, -0.1) is 0 Å². The van der Waals surface area contributed by atoms with E-state index in [1.54, 1.807) is 13.0 Å². The van der Waals surface area contributed by atoms with Gasteiger partial charge in [-0.25, -0.2) is 0 Å². The first-order chi connectivity index (χ1) is 9.02. The van der Waals surface area contributed by atoms with Gasteiger partial charge in [0.25, 0.3) is 0 Å². The maximum atomic E-state index is 11.5. The van der Waals surface area contributed by atoms with Crippen LogP contribution in [0, 0.1) is 6.92 Å². The minimum atomic E-state index is -0.352. The molecule has 0 heterocycles. The van der Waals surface area contributed by atoms with E-state index in [1.807, 2.05) is 19.1 Å². The van der Waals surface area contributed by atoms with Crippen LogP contribution in [-0.4, -0.2) is 25.0 Å². The fraction of sp³-hybridized carbons (Fsp3) is 0.429. The van der Waals surface area contributed by atoms with Gasteiger partial charge in [-0.3, -0.25) is 9.59 Å². The quantitative estimate of drug-likeness (QED) is 0.722. The van der Waals surface area contributed by atoms with Crippen molar-refractivity contribution >= 4 is 27.7 Å². The van der Waals surface area contributed by atoms with Crippen molar-refractivity contribution in [3.63, 3.8) is 0 Å². The van der Waals surface area contributed by atoms with Crippen LogP contribution in [0.3, 0.4) is 0 Å². The molecule has 104 valence electrons. The SMILES string of the molecule is CCOC(=O)CCC(=O)COc1ccc(Br)c(C)c1. The van der Waals surface area contributed by atoms with E-state index in [0.29, 0.717) is 12.4 Å². The fourth-order valence-corrected chi connectivity index (χ4v) is 1.66. The van der Waals surface area contributed by atoms with Crippen LogP contribution in [0.15, 0.2) is 22.7 Å². The molecule has 4 nitrogen and oxygen atoms in total. The molecule has 0 saturated carbocycles. The molecule has 0 spiro atoms. The lowest BCUT2D eigenvalue weighted by Gasteiger charge is -2.07. The van der Waals surface area contributed by atoms with Crippen LogP contribution in [0.5, 0.6) is 5.75 Å². The molecule has 0 fully saturated rings. The molecule has 1 aromatic carbocycles. The van der Waals surface area contributed by atoms with Gasteiger partial charge in [0.2, 0.25) is 0 Å². The second-order valence-corrected chi connectivity index (χ2v) is 4.90. The van der Waals surface area contributed by atoms with Gasteiger partial charge in [-0.1, -0.05) is 15.9 Å². The van der Waals surface area contributed by atoms with Gasteiger partial charge < -0.3 is 9.47 Å². The molecule has 0 radical (unpaired) electrons. The summed E-state index contributed by atoms with van der Waals surface area (Å²) in [5.41, 5.74) is 1.04. The van der Waals surface area contributed by atoms with E-state index >= 15 is 0 Å². The van der Waals surface area contributed by atoms with Crippen molar-refractivity contribution in [3.05, 3.63) is 28.2 Å². The summed E-state index contributed by atoms with van der Waals surface area (Å²) in [6, 6.07) is 5.51. The van der Waals surface area contributed by atoms with Crippen LogP contribution in [0.2, 0.25) is 0 Å². The molecule has 0 atom stereocenters. The van der Waals surface area contributed by atoms with Crippen molar-refractivity contribution in [1.29, 1.82) is 0 Å². The number of carbonyl (C=O) groups excluding carboxylic acids is 2. The molecule has 0 N–H and O–H groups in total. The fourth-order valence-electron chi connectivity index (χ4n) is 1.42. The number of esters is 1. The highest BCUT2D eigenvalue weighted by molar-refractivity contribution is 9.10. The predicted molar refractivity (Wildman–Crippen MR) is 75.2 cm³/mol. The van der Waals surface area contributed by atoms with Crippen LogP contribution < -0.4 is 4.74 Å². The first-order valence-electron chi connectivity index (χ1n) is 6.09.